The van der Waals surface area contributed by atoms with Crippen LogP contribution in [0, 0.1) is 0 Å². The maximum Gasteiger partial charge on any atom is 0.410 e. The van der Waals surface area contributed by atoms with E-state index in [9.17, 15) is 4.79 Å². The van der Waals surface area contributed by atoms with Gasteiger partial charge in [-0.05, 0) is 57.9 Å². The molecular formula is C18H23ClN2O2. The lowest BCUT2D eigenvalue weighted by atomic mass is 9.95. The van der Waals surface area contributed by atoms with Gasteiger partial charge in [-0.25, -0.2) is 4.79 Å². The first kappa shape index (κ1) is 16.2. The number of carbonyl (C=O) groups excluding carboxylic acids is 1. The first-order chi connectivity index (χ1) is 10.8. The van der Waals surface area contributed by atoms with Crippen LogP contribution in [0.2, 0.25) is 5.02 Å². The number of rotatable bonds is 1. The topological polar surface area (TPSA) is 45.3 Å². The zero-order valence-electron chi connectivity index (χ0n) is 13.9. The number of carbonyl (C=O) groups is 1. The largest absolute Gasteiger partial charge is 0.444 e. The molecule has 1 amide bonds. The van der Waals surface area contributed by atoms with Crippen LogP contribution in [-0.4, -0.2) is 34.7 Å². The van der Waals surface area contributed by atoms with Gasteiger partial charge < -0.3 is 14.6 Å². The summed E-state index contributed by atoms with van der Waals surface area (Å²) in [6, 6.07) is 7.99. The summed E-state index contributed by atoms with van der Waals surface area (Å²) in [7, 11) is 0. The number of hydrogen-bond acceptors (Lipinski definition) is 2. The number of piperidine rings is 1. The predicted octanol–water partition coefficient (Wildman–Crippen LogP) is 4.94. The van der Waals surface area contributed by atoms with E-state index < -0.39 is 5.60 Å². The lowest BCUT2D eigenvalue weighted by Gasteiger charge is -2.33. The van der Waals surface area contributed by atoms with E-state index in [1.54, 1.807) is 0 Å². The highest BCUT2D eigenvalue weighted by Crippen LogP contribution is 2.30. The number of benzene rings is 1. The van der Waals surface area contributed by atoms with E-state index in [4.69, 9.17) is 16.3 Å². The summed E-state index contributed by atoms with van der Waals surface area (Å²) >= 11 is 6.06. The van der Waals surface area contributed by atoms with Crippen LogP contribution in [0.15, 0.2) is 24.3 Å². The molecule has 1 N–H and O–H groups in total. The second-order valence-corrected chi connectivity index (χ2v) is 7.66. The third-order valence-corrected chi connectivity index (χ3v) is 4.35. The first-order valence-electron chi connectivity index (χ1n) is 8.08. The molecule has 0 spiro atoms. The molecule has 1 aliphatic heterocycles. The fraction of sp³-hybridized carbons (Fsp3) is 0.500. The monoisotopic (exact) mass is 334 g/mol. The van der Waals surface area contributed by atoms with Gasteiger partial charge in [0.15, 0.2) is 0 Å². The van der Waals surface area contributed by atoms with E-state index >= 15 is 0 Å². The average molecular weight is 335 g/mol. The molecule has 0 bridgehead atoms. The molecule has 1 aromatic carbocycles. The van der Waals surface area contributed by atoms with Crippen molar-refractivity contribution in [3.8, 4) is 0 Å². The SMILES string of the molecule is CC(C)(C)OC(=O)N1CCCC(c2cc3cc(Cl)ccc3[nH]2)C1. The molecule has 4 nitrogen and oxygen atoms in total. The third kappa shape index (κ3) is 3.81. The zero-order valence-corrected chi connectivity index (χ0v) is 14.6. The van der Waals surface area contributed by atoms with Crippen molar-refractivity contribution in [3.63, 3.8) is 0 Å². The third-order valence-electron chi connectivity index (χ3n) is 4.12. The van der Waals surface area contributed by atoms with Crippen LogP contribution in [0.25, 0.3) is 10.9 Å². The van der Waals surface area contributed by atoms with Crippen LogP contribution in [0.4, 0.5) is 4.79 Å². The van der Waals surface area contributed by atoms with Crippen LogP contribution in [0.5, 0.6) is 0 Å². The molecule has 1 unspecified atom stereocenters. The number of aromatic amines is 1. The molecule has 5 heteroatoms. The number of fused-ring (bicyclic) bond motifs is 1. The summed E-state index contributed by atoms with van der Waals surface area (Å²) in [4.78, 5) is 17.6. The molecular weight excluding hydrogens is 312 g/mol. The van der Waals surface area contributed by atoms with Gasteiger partial charge in [-0.2, -0.15) is 0 Å². The Morgan fingerprint density at radius 2 is 2.13 bits per heavy atom. The number of likely N-dealkylation sites (tertiary alicyclic amines) is 1. The Bertz CT molecular complexity index is 717. The van der Waals surface area contributed by atoms with E-state index in [2.05, 4.69) is 11.1 Å². The summed E-state index contributed by atoms with van der Waals surface area (Å²) in [6.07, 6.45) is 1.83. The van der Waals surface area contributed by atoms with Crippen molar-refractivity contribution in [2.45, 2.75) is 45.1 Å². The van der Waals surface area contributed by atoms with Crippen molar-refractivity contribution in [1.29, 1.82) is 0 Å². The Labute approximate surface area is 141 Å². The molecule has 1 atom stereocenters. The smallest absolute Gasteiger partial charge is 0.410 e. The van der Waals surface area contributed by atoms with E-state index in [0.29, 0.717) is 12.5 Å². The summed E-state index contributed by atoms with van der Waals surface area (Å²) in [6.45, 7) is 7.14. The van der Waals surface area contributed by atoms with Crippen molar-refractivity contribution < 1.29 is 9.53 Å². The summed E-state index contributed by atoms with van der Waals surface area (Å²) in [5, 5.41) is 1.85. The van der Waals surface area contributed by atoms with Gasteiger partial charge in [-0.15, -0.1) is 0 Å². The number of H-pyrrole nitrogens is 1. The molecule has 1 fully saturated rings. The molecule has 2 aromatic rings. The number of nitrogens with one attached hydrogen (secondary N) is 1. The van der Waals surface area contributed by atoms with Crippen molar-refractivity contribution in [3.05, 3.63) is 35.0 Å². The highest BCUT2D eigenvalue weighted by Gasteiger charge is 2.29. The molecule has 23 heavy (non-hydrogen) atoms. The van der Waals surface area contributed by atoms with Gasteiger partial charge in [-0.1, -0.05) is 11.6 Å². The lowest BCUT2D eigenvalue weighted by molar-refractivity contribution is 0.0197. The van der Waals surface area contributed by atoms with Crippen LogP contribution < -0.4 is 0 Å². The van der Waals surface area contributed by atoms with Crippen molar-refractivity contribution in [2.24, 2.45) is 0 Å². The van der Waals surface area contributed by atoms with Gasteiger partial charge in [-0.3, -0.25) is 0 Å². The Balaban J connectivity index is 1.75. The minimum atomic E-state index is -0.456. The van der Waals surface area contributed by atoms with Gasteiger partial charge >= 0.3 is 6.09 Å². The predicted molar refractivity (Wildman–Crippen MR) is 93.1 cm³/mol. The maximum absolute atomic E-state index is 12.3. The normalized spacial score (nSPS) is 19.1. The van der Waals surface area contributed by atoms with E-state index in [1.165, 1.54) is 0 Å². The second-order valence-electron chi connectivity index (χ2n) is 7.22. The van der Waals surface area contributed by atoms with Gasteiger partial charge in [0.2, 0.25) is 0 Å². The Kier molecular flexibility index (Phi) is 4.28. The fourth-order valence-corrected chi connectivity index (χ4v) is 3.25. The fourth-order valence-electron chi connectivity index (χ4n) is 3.07. The first-order valence-corrected chi connectivity index (χ1v) is 8.46. The standard InChI is InChI=1S/C18H23ClN2O2/c1-18(2,3)23-17(22)21-8-4-5-12(11-21)16-10-13-9-14(19)6-7-15(13)20-16/h6-7,9-10,12,20H,4-5,8,11H2,1-3H3. The minimum absolute atomic E-state index is 0.221. The van der Waals surface area contributed by atoms with Crippen LogP contribution in [-0.2, 0) is 4.74 Å². The van der Waals surface area contributed by atoms with Gasteiger partial charge in [0.05, 0.1) is 0 Å². The summed E-state index contributed by atoms with van der Waals surface area (Å²) in [5.74, 6) is 0.308. The van der Waals surface area contributed by atoms with Crippen LogP contribution in [0.3, 0.4) is 0 Å². The number of hydrogen-bond donors (Lipinski definition) is 1. The van der Waals surface area contributed by atoms with E-state index in [0.717, 1.165) is 41.0 Å². The molecule has 124 valence electrons. The van der Waals surface area contributed by atoms with E-state index in [1.807, 2.05) is 43.9 Å². The molecule has 2 heterocycles. The van der Waals surface area contributed by atoms with Gasteiger partial charge in [0.1, 0.15) is 5.60 Å². The van der Waals surface area contributed by atoms with Gasteiger partial charge in [0.25, 0.3) is 0 Å². The van der Waals surface area contributed by atoms with Crippen LogP contribution >= 0.6 is 11.6 Å². The number of halogens is 1. The molecule has 0 aliphatic carbocycles. The molecule has 0 saturated carbocycles. The Morgan fingerprint density at radius 3 is 2.87 bits per heavy atom. The maximum atomic E-state index is 12.3. The highest BCUT2D eigenvalue weighted by molar-refractivity contribution is 6.31. The number of amides is 1. The Morgan fingerprint density at radius 1 is 1.35 bits per heavy atom. The van der Waals surface area contributed by atoms with Crippen LogP contribution in [0.1, 0.15) is 45.2 Å². The average Bonchev–Trinajstić information content (AvgIpc) is 2.88. The minimum Gasteiger partial charge on any atom is -0.444 e. The molecule has 0 radical (unpaired) electrons. The summed E-state index contributed by atoms with van der Waals surface area (Å²) < 4.78 is 5.50. The van der Waals surface area contributed by atoms with Crippen molar-refractivity contribution in [2.75, 3.05) is 13.1 Å². The quantitative estimate of drug-likeness (QED) is 0.803. The number of aromatic nitrogens is 1. The molecule has 1 aromatic heterocycles. The second kappa shape index (κ2) is 6.08. The van der Waals surface area contributed by atoms with Gasteiger partial charge in [0, 0.05) is 40.6 Å². The molecule has 1 saturated heterocycles. The van der Waals surface area contributed by atoms with Crippen molar-refractivity contribution >= 4 is 28.6 Å². The number of nitrogens with zero attached hydrogens (tertiary/aromatic N) is 1. The molecule has 1 aliphatic rings. The number of ether oxygens (including phenoxy) is 1. The Hall–Kier alpha value is -1.68. The van der Waals surface area contributed by atoms with Crippen molar-refractivity contribution in [1.82, 2.24) is 9.88 Å². The zero-order chi connectivity index (χ0) is 16.6. The summed E-state index contributed by atoms with van der Waals surface area (Å²) in [5.41, 5.74) is 1.79. The van der Waals surface area contributed by atoms with E-state index in [-0.39, 0.29) is 6.09 Å². The lowest BCUT2D eigenvalue weighted by Crippen LogP contribution is -2.42. The molecule has 3 rings (SSSR count). The highest BCUT2D eigenvalue weighted by atomic mass is 35.5.